The number of nitrogens with one attached hydrogen (secondary N) is 2. The largest absolute Gasteiger partial charge is 0.346 e. The first-order valence-electron chi connectivity index (χ1n) is 7.81. The zero-order valence-corrected chi connectivity index (χ0v) is 13.7. The molecule has 0 aliphatic carbocycles. The lowest BCUT2D eigenvalue weighted by molar-refractivity contribution is 0.0944. The summed E-state index contributed by atoms with van der Waals surface area (Å²) in [6.07, 6.45) is 0. The lowest BCUT2D eigenvalue weighted by Gasteiger charge is -2.07. The lowest BCUT2D eigenvalue weighted by atomic mass is 10.2. The first-order valence-corrected chi connectivity index (χ1v) is 7.81. The lowest BCUT2D eigenvalue weighted by Crippen LogP contribution is -2.24. The van der Waals surface area contributed by atoms with Crippen LogP contribution in [0, 0.1) is 12.7 Å². The molecule has 1 aromatic heterocycles. The summed E-state index contributed by atoms with van der Waals surface area (Å²) in [6.45, 7) is 2.11. The third kappa shape index (κ3) is 4.38. The van der Waals surface area contributed by atoms with E-state index in [1.807, 2.05) is 31.2 Å². The Labute approximate surface area is 144 Å². The Bertz CT molecular complexity index is 863. The van der Waals surface area contributed by atoms with Gasteiger partial charge in [-0.2, -0.15) is 0 Å². The maximum absolute atomic E-state index is 13.5. The smallest absolute Gasteiger partial charge is 0.272 e. The van der Waals surface area contributed by atoms with Crippen molar-refractivity contribution in [2.45, 2.75) is 13.5 Å². The minimum absolute atomic E-state index is 0.0938. The van der Waals surface area contributed by atoms with Gasteiger partial charge in [-0.15, -0.1) is 10.2 Å². The fourth-order valence-electron chi connectivity index (χ4n) is 2.21. The number of amides is 1. The van der Waals surface area contributed by atoms with Crippen molar-refractivity contribution >= 4 is 17.4 Å². The Balaban J connectivity index is 1.60. The number of rotatable bonds is 5. The zero-order chi connectivity index (χ0) is 17.6. The van der Waals surface area contributed by atoms with Gasteiger partial charge in [-0.05, 0) is 37.3 Å². The van der Waals surface area contributed by atoms with Crippen molar-refractivity contribution in [3.8, 4) is 0 Å². The van der Waals surface area contributed by atoms with Crippen molar-refractivity contribution in [1.29, 1.82) is 0 Å². The van der Waals surface area contributed by atoms with Crippen LogP contribution in [0.2, 0.25) is 0 Å². The third-order valence-electron chi connectivity index (χ3n) is 3.62. The quantitative estimate of drug-likeness (QED) is 0.747. The highest BCUT2D eigenvalue weighted by Gasteiger charge is 2.09. The van der Waals surface area contributed by atoms with Gasteiger partial charge in [-0.25, -0.2) is 4.39 Å². The van der Waals surface area contributed by atoms with Crippen LogP contribution in [0.3, 0.4) is 0 Å². The molecule has 0 saturated carbocycles. The number of aromatic nitrogens is 2. The highest BCUT2D eigenvalue weighted by atomic mass is 19.1. The molecule has 2 N–H and O–H groups in total. The number of halogens is 1. The summed E-state index contributed by atoms with van der Waals surface area (Å²) in [5.74, 6) is -0.223. The van der Waals surface area contributed by atoms with Crippen molar-refractivity contribution in [1.82, 2.24) is 15.5 Å². The molecule has 0 aliphatic heterocycles. The average Bonchev–Trinajstić information content (AvgIpc) is 2.63. The van der Waals surface area contributed by atoms with Crippen LogP contribution in [0.1, 0.15) is 21.6 Å². The molecule has 3 rings (SSSR count). The molecular weight excluding hydrogens is 319 g/mol. The summed E-state index contributed by atoms with van der Waals surface area (Å²) < 4.78 is 13.5. The van der Waals surface area contributed by atoms with Gasteiger partial charge >= 0.3 is 0 Å². The summed E-state index contributed by atoms with van der Waals surface area (Å²) in [5.41, 5.74) is 2.64. The Morgan fingerprint density at radius 2 is 1.76 bits per heavy atom. The van der Waals surface area contributed by atoms with E-state index in [0.29, 0.717) is 11.4 Å². The van der Waals surface area contributed by atoms with Gasteiger partial charge in [0.1, 0.15) is 5.82 Å². The van der Waals surface area contributed by atoms with Crippen LogP contribution in [0.4, 0.5) is 15.9 Å². The molecule has 0 aliphatic rings. The molecule has 0 spiro atoms. The Morgan fingerprint density at radius 3 is 2.44 bits per heavy atom. The highest BCUT2D eigenvalue weighted by molar-refractivity contribution is 5.92. The van der Waals surface area contributed by atoms with E-state index in [1.165, 1.54) is 11.6 Å². The number of hydrogen-bond acceptors (Lipinski definition) is 4. The highest BCUT2D eigenvalue weighted by Crippen LogP contribution is 2.14. The maximum Gasteiger partial charge on any atom is 0.272 e. The normalized spacial score (nSPS) is 10.3. The molecule has 0 bridgehead atoms. The molecule has 2 aromatic carbocycles. The van der Waals surface area contributed by atoms with Crippen LogP contribution in [0.15, 0.2) is 60.7 Å². The second-order valence-electron chi connectivity index (χ2n) is 5.57. The van der Waals surface area contributed by atoms with Gasteiger partial charge in [0, 0.05) is 17.8 Å². The molecule has 0 radical (unpaired) electrons. The van der Waals surface area contributed by atoms with Gasteiger partial charge in [0.05, 0.1) is 0 Å². The van der Waals surface area contributed by atoms with Crippen LogP contribution >= 0.6 is 0 Å². The van der Waals surface area contributed by atoms with Crippen LogP contribution in [-0.4, -0.2) is 16.1 Å². The van der Waals surface area contributed by atoms with Gasteiger partial charge in [-0.3, -0.25) is 4.79 Å². The van der Waals surface area contributed by atoms with Crippen molar-refractivity contribution in [3.05, 3.63) is 83.3 Å². The Kier molecular flexibility index (Phi) is 4.99. The molecule has 5 nitrogen and oxygen atoms in total. The van der Waals surface area contributed by atoms with E-state index in [9.17, 15) is 9.18 Å². The number of carbonyl (C=O) groups is 1. The van der Waals surface area contributed by atoms with Gasteiger partial charge in [0.15, 0.2) is 11.5 Å². The van der Waals surface area contributed by atoms with Gasteiger partial charge in [0.25, 0.3) is 5.91 Å². The molecule has 25 heavy (non-hydrogen) atoms. The number of carbonyl (C=O) groups excluding carboxylic acids is 1. The predicted octanol–water partition coefficient (Wildman–Crippen LogP) is 3.60. The summed E-state index contributed by atoms with van der Waals surface area (Å²) >= 11 is 0. The SMILES string of the molecule is Cc1ccc(Nc2ccc(C(=O)NCc3ccccc3F)nn2)cc1. The molecule has 1 heterocycles. The molecule has 126 valence electrons. The second kappa shape index (κ2) is 7.53. The minimum Gasteiger partial charge on any atom is -0.346 e. The molecule has 0 fully saturated rings. The Hall–Kier alpha value is -3.28. The molecular formula is C19H17FN4O. The van der Waals surface area contributed by atoms with E-state index < -0.39 is 5.91 Å². The van der Waals surface area contributed by atoms with E-state index in [0.717, 1.165) is 5.69 Å². The van der Waals surface area contributed by atoms with Crippen LogP contribution in [0.25, 0.3) is 0 Å². The first kappa shape index (κ1) is 16.6. The molecule has 1 amide bonds. The third-order valence-corrected chi connectivity index (χ3v) is 3.62. The molecule has 3 aromatic rings. The number of nitrogens with zero attached hydrogens (tertiary/aromatic N) is 2. The topological polar surface area (TPSA) is 66.9 Å². The van der Waals surface area contributed by atoms with Crippen molar-refractivity contribution < 1.29 is 9.18 Å². The van der Waals surface area contributed by atoms with Gasteiger partial charge < -0.3 is 10.6 Å². The minimum atomic E-state index is -0.405. The predicted molar refractivity (Wildman–Crippen MR) is 94.1 cm³/mol. The number of aryl methyl sites for hydroxylation is 1. The van der Waals surface area contributed by atoms with Gasteiger partial charge in [0.2, 0.25) is 0 Å². The second-order valence-corrected chi connectivity index (χ2v) is 5.57. The number of anilines is 2. The van der Waals surface area contributed by atoms with Crippen LogP contribution < -0.4 is 10.6 Å². The monoisotopic (exact) mass is 336 g/mol. The van der Waals surface area contributed by atoms with Crippen molar-refractivity contribution in [3.63, 3.8) is 0 Å². The fourth-order valence-corrected chi connectivity index (χ4v) is 2.21. The average molecular weight is 336 g/mol. The summed E-state index contributed by atoms with van der Waals surface area (Å²) in [7, 11) is 0. The first-order chi connectivity index (χ1) is 12.1. The van der Waals surface area contributed by atoms with Crippen molar-refractivity contribution in [2.75, 3.05) is 5.32 Å². The van der Waals surface area contributed by atoms with Crippen LogP contribution in [0.5, 0.6) is 0 Å². The zero-order valence-electron chi connectivity index (χ0n) is 13.7. The molecule has 0 atom stereocenters. The molecule has 0 unspecified atom stereocenters. The summed E-state index contributed by atoms with van der Waals surface area (Å²) in [5, 5.41) is 13.6. The fraction of sp³-hybridized carbons (Fsp3) is 0.105. The van der Waals surface area contributed by atoms with E-state index in [-0.39, 0.29) is 18.1 Å². The van der Waals surface area contributed by atoms with E-state index in [4.69, 9.17) is 0 Å². The summed E-state index contributed by atoms with van der Waals surface area (Å²) in [6, 6.07) is 17.4. The standard InChI is InChI=1S/C19H17FN4O/c1-13-6-8-15(9-7-13)22-18-11-10-17(23-24-18)19(25)21-12-14-4-2-3-5-16(14)20/h2-11H,12H2,1H3,(H,21,25)(H,22,24). The molecule has 6 heteroatoms. The number of hydrogen-bond donors (Lipinski definition) is 2. The Morgan fingerprint density at radius 1 is 1.00 bits per heavy atom. The van der Waals surface area contributed by atoms with Gasteiger partial charge in [-0.1, -0.05) is 35.9 Å². The van der Waals surface area contributed by atoms with Crippen molar-refractivity contribution in [2.24, 2.45) is 0 Å². The summed E-state index contributed by atoms with van der Waals surface area (Å²) in [4.78, 5) is 12.1. The maximum atomic E-state index is 13.5. The van der Waals surface area contributed by atoms with E-state index in [1.54, 1.807) is 30.3 Å². The van der Waals surface area contributed by atoms with Crippen LogP contribution in [-0.2, 0) is 6.54 Å². The van der Waals surface area contributed by atoms with E-state index >= 15 is 0 Å². The number of benzene rings is 2. The van der Waals surface area contributed by atoms with E-state index in [2.05, 4.69) is 20.8 Å². The molecule has 0 saturated heterocycles.